The molecule has 2 heterocycles. The number of nitrogens with one attached hydrogen (secondary N) is 1. The lowest BCUT2D eigenvalue weighted by Gasteiger charge is -2.26. The summed E-state index contributed by atoms with van der Waals surface area (Å²) >= 11 is 0. The van der Waals surface area contributed by atoms with Crippen LogP contribution in [0.2, 0.25) is 0 Å². The smallest absolute Gasteiger partial charge is 0.339 e. The van der Waals surface area contributed by atoms with Gasteiger partial charge in [-0.1, -0.05) is 25.1 Å². The molecule has 1 amide bonds. The fraction of sp³-hybridized carbons (Fsp3) is 0.348. The van der Waals surface area contributed by atoms with Gasteiger partial charge in [0.05, 0.1) is 17.3 Å². The Balaban J connectivity index is 1.47. The van der Waals surface area contributed by atoms with Crippen molar-refractivity contribution in [2.45, 2.75) is 38.6 Å². The maximum absolute atomic E-state index is 12.8. The average Bonchev–Trinajstić information content (AvgIpc) is 3.28. The van der Waals surface area contributed by atoms with E-state index in [1.807, 2.05) is 24.3 Å². The number of esters is 1. The van der Waals surface area contributed by atoms with Gasteiger partial charge < -0.3 is 14.5 Å². The highest BCUT2D eigenvalue weighted by atomic mass is 16.5. The third-order valence-electron chi connectivity index (χ3n) is 5.43. The summed E-state index contributed by atoms with van der Waals surface area (Å²) in [4.78, 5) is 29.5. The van der Waals surface area contributed by atoms with Gasteiger partial charge >= 0.3 is 5.97 Å². The molecule has 1 aromatic carbocycles. The van der Waals surface area contributed by atoms with Gasteiger partial charge in [0.25, 0.3) is 5.91 Å². The molecule has 1 saturated carbocycles. The van der Waals surface area contributed by atoms with Gasteiger partial charge in [-0.05, 0) is 55.9 Å². The first-order chi connectivity index (χ1) is 14.1. The van der Waals surface area contributed by atoms with Crippen molar-refractivity contribution >= 4 is 22.8 Å². The van der Waals surface area contributed by atoms with Crippen molar-refractivity contribution in [3.63, 3.8) is 0 Å². The Labute approximate surface area is 169 Å². The summed E-state index contributed by atoms with van der Waals surface area (Å²) in [5.41, 5.74) is 1.57. The van der Waals surface area contributed by atoms with Crippen molar-refractivity contribution in [3.05, 3.63) is 54.3 Å². The number of hydrogen-bond donors (Lipinski definition) is 1. The molecule has 0 saturated heterocycles. The van der Waals surface area contributed by atoms with E-state index in [4.69, 9.17) is 9.15 Å². The molecule has 0 unspecified atom stereocenters. The van der Waals surface area contributed by atoms with Crippen LogP contribution in [0, 0.1) is 5.92 Å². The van der Waals surface area contributed by atoms with Crippen LogP contribution in [0.15, 0.2) is 53.1 Å². The first-order valence-electron chi connectivity index (χ1n) is 10.0. The second-order valence-corrected chi connectivity index (χ2v) is 7.65. The predicted octanol–water partition coefficient (Wildman–Crippen LogP) is 4.35. The molecular weight excluding hydrogens is 368 g/mol. The van der Waals surface area contributed by atoms with Crippen LogP contribution in [0.1, 0.15) is 43.0 Å². The Morgan fingerprint density at radius 1 is 1.14 bits per heavy atom. The number of aromatic nitrogens is 1. The van der Waals surface area contributed by atoms with Crippen molar-refractivity contribution in [1.29, 1.82) is 0 Å². The minimum absolute atomic E-state index is 0.171. The Kier molecular flexibility index (Phi) is 5.60. The SMILES string of the molecule is CC1CCC(NC(=O)COC(=O)c2cc(-c3ccco3)nc3ccccc23)CC1. The summed E-state index contributed by atoms with van der Waals surface area (Å²) in [7, 11) is 0. The van der Waals surface area contributed by atoms with Crippen LogP contribution in [0.5, 0.6) is 0 Å². The number of para-hydroxylation sites is 1. The van der Waals surface area contributed by atoms with E-state index in [-0.39, 0.29) is 18.6 Å². The Morgan fingerprint density at radius 3 is 2.69 bits per heavy atom. The number of pyridine rings is 1. The van der Waals surface area contributed by atoms with Gasteiger partial charge in [-0.15, -0.1) is 0 Å². The van der Waals surface area contributed by atoms with Gasteiger partial charge in [0.2, 0.25) is 0 Å². The highest BCUT2D eigenvalue weighted by Crippen LogP contribution is 2.26. The van der Waals surface area contributed by atoms with Crippen LogP contribution >= 0.6 is 0 Å². The Hall–Kier alpha value is -3.15. The summed E-state index contributed by atoms with van der Waals surface area (Å²) in [6.45, 7) is 1.94. The number of fused-ring (bicyclic) bond motifs is 1. The molecule has 4 rings (SSSR count). The van der Waals surface area contributed by atoms with Gasteiger partial charge in [-0.25, -0.2) is 9.78 Å². The van der Waals surface area contributed by atoms with E-state index in [0.29, 0.717) is 33.8 Å². The number of hydrogen-bond acceptors (Lipinski definition) is 5. The third-order valence-corrected chi connectivity index (χ3v) is 5.43. The highest BCUT2D eigenvalue weighted by molar-refractivity contribution is 6.05. The minimum atomic E-state index is -0.552. The molecule has 0 aliphatic heterocycles. The molecule has 0 bridgehead atoms. The zero-order valence-electron chi connectivity index (χ0n) is 16.4. The van der Waals surface area contributed by atoms with Crippen LogP contribution in [0.3, 0.4) is 0 Å². The number of furan rings is 1. The number of ether oxygens (including phenoxy) is 1. The van der Waals surface area contributed by atoms with Gasteiger partial charge in [0.15, 0.2) is 12.4 Å². The Bertz CT molecular complexity index is 1000. The van der Waals surface area contributed by atoms with Gasteiger partial charge in [-0.3, -0.25) is 4.79 Å². The van der Waals surface area contributed by atoms with E-state index in [1.165, 1.54) is 0 Å². The topological polar surface area (TPSA) is 81.4 Å². The van der Waals surface area contributed by atoms with Crippen molar-refractivity contribution in [3.8, 4) is 11.5 Å². The van der Waals surface area contributed by atoms with Crippen LogP contribution < -0.4 is 5.32 Å². The van der Waals surface area contributed by atoms with E-state index in [0.717, 1.165) is 25.7 Å². The van der Waals surface area contributed by atoms with E-state index in [1.54, 1.807) is 24.5 Å². The molecule has 1 N–H and O–H groups in total. The van der Waals surface area contributed by atoms with E-state index >= 15 is 0 Å². The third kappa shape index (κ3) is 4.47. The van der Waals surface area contributed by atoms with Crippen LogP contribution in [-0.2, 0) is 9.53 Å². The van der Waals surface area contributed by atoms with E-state index < -0.39 is 5.97 Å². The number of carbonyl (C=O) groups is 2. The molecule has 1 aliphatic carbocycles. The maximum Gasteiger partial charge on any atom is 0.339 e. The molecule has 1 fully saturated rings. The number of rotatable bonds is 5. The molecule has 6 heteroatoms. The fourth-order valence-electron chi connectivity index (χ4n) is 3.78. The fourth-order valence-corrected chi connectivity index (χ4v) is 3.78. The summed E-state index contributed by atoms with van der Waals surface area (Å²) < 4.78 is 10.7. The molecule has 150 valence electrons. The van der Waals surface area contributed by atoms with Crippen LogP contribution in [-0.4, -0.2) is 29.5 Å². The minimum Gasteiger partial charge on any atom is -0.463 e. The molecule has 0 spiro atoms. The number of carbonyl (C=O) groups excluding carboxylic acids is 2. The second-order valence-electron chi connectivity index (χ2n) is 7.65. The summed E-state index contributed by atoms with van der Waals surface area (Å²) in [5, 5.41) is 3.65. The van der Waals surface area contributed by atoms with Crippen molar-refractivity contribution < 1.29 is 18.7 Å². The Morgan fingerprint density at radius 2 is 1.93 bits per heavy atom. The molecular formula is C23H24N2O4. The largest absolute Gasteiger partial charge is 0.463 e. The first kappa shape index (κ1) is 19.2. The van der Waals surface area contributed by atoms with Gasteiger partial charge in [0.1, 0.15) is 5.69 Å². The molecule has 29 heavy (non-hydrogen) atoms. The second kappa shape index (κ2) is 8.47. The lowest BCUT2D eigenvalue weighted by atomic mass is 9.87. The number of nitrogens with zero attached hydrogens (tertiary/aromatic N) is 1. The normalized spacial score (nSPS) is 19.1. The van der Waals surface area contributed by atoms with Gasteiger partial charge in [-0.2, -0.15) is 0 Å². The number of benzene rings is 1. The van der Waals surface area contributed by atoms with Crippen LogP contribution in [0.25, 0.3) is 22.4 Å². The van der Waals surface area contributed by atoms with Crippen LogP contribution in [0.4, 0.5) is 0 Å². The quantitative estimate of drug-likeness (QED) is 0.653. The maximum atomic E-state index is 12.8. The van der Waals surface area contributed by atoms with Crippen molar-refractivity contribution in [1.82, 2.24) is 10.3 Å². The van der Waals surface area contributed by atoms with Crippen molar-refractivity contribution in [2.75, 3.05) is 6.61 Å². The molecule has 2 aromatic heterocycles. The molecule has 3 aromatic rings. The highest BCUT2D eigenvalue weighted by Gasteiger charge is 2.21. The van der Waals surface area contributed by atoms with Crippen molar-refractivity contribution in [2.24, 2.45) is 5.92 Å². The first-order valence-corrected chi connectivity index (χ1v) is 10.0. The average molecular weight is 392 g/mol. The number of amides is 1. The zero-order chi connectivity index (χ0) is 20.2. The molecule has 0 atom stereocenters. The summed E-state index contributed by atoms with van der Waals surface area (Å²) in [6, 6.07) is 12.7. The lowest BCUT2D eigenvalue weighted by molar-refractivity contribution is -0.125. The van der Waals surface area contributed by atoms with Gasteiger partial charge in [0, 0.05) is 11.4 Å². The summed E-state index contributed by atoms with van der Waals surface area (Å²) in [6.07, 6.45) is 5.73. The zero-order valence-corrected chi connectivity index (χ0v) is 16.4. The molecule has 1 aliphatic rings. The van der Waals surface area contributed by atoms with E-state index in [9.17, 15) is 9.59 Å². The monoisotopic (exact) mass is 392 g/mol. The standard InChI is InChI=1S/C23H24N2O4/c1-15-8-10-16(11-9-15)24-22(26)14-29-23(27)18-13-20(21-7-4-12-28-21)25-19-6-3-2-5-17(18)19/h2-7,12-13,15-16H,8-11,14H2,1H3,(H,24,26). The molecule has 0 radical (unpaired) electrons. The van der Waals surface area contributed by atoms with E-state index in [2.05, 4.69) is 17.2 Å². The predicted molar refractivity (Wildman–Crippen MR) is 109 cm³/mol. The lowest BCUT2D eigenvalue weighted by Crippen LogP contribution is -2.39. The molecule has 6 nitrogen and oxygen atoms in total. The summed E-state index contributed by atoms with van der Waals surface area (Å²) in [5.74, 6) is 0.463.